The molecule has 0 unspecified atom stereocenters. The molecule has 0 atom stereocenters. The minimum absolute atomic E-state index is 0.0515. The molecule has 0 spiro atoms. The predicted octanol–water partition coefficient (Wildman–Crippen LogP) is 1.69. The quantitative estimate of drug-likeness (QED) is 0.913. The SMILES string of the molecule is Nc1nc(CC(=O)N2CCOc3ccccc3C2)cs1. The maximum absolute atomic E-state index is 12.3. The van der Waals surface area contributed by atoms with Crippen molar-refractivity contribution in [2.45, 2.75) is 13.0 Å². The number of anilines is 1. The minimum atomic E-state index is 0.0515. The first-order valence-electron chi connectivity index (χ1n) is 6.41. The second-order valence-corrected chi connectivity index (χ2v) is 5.52. The van der Waals surface area contributed by atoms with Crippen LogP contribution in [0.5, 0.6) is 5.75 Å². The van der Waals surface area contributed by atoms with E-state index in [2.05, 4.69) is 4.98 Å². The molecule has 0 aliphatic carbocycles. The number of aromatic nitrogens is 1. The number of ether oxygens (including phenoxy) is 1. The van der Waals surface area contributed by atoms with Gasteiger partial charge in [0.1, 0.15) is 12.4 Å². The van der Waals surface area contributed by atoms with E-state index in [1.165, 1.54) is 11.3 Å². The van der Waals surface area contributed by atoms with Gasteiger partial charge in [0.05, 0.1) is 18.7 Å². The third-order valence-electron chi connectivity index (χ3n) is 3.21. The molecule has 1 aliphatic rings. The topological polar surface area (TPSA) is 68.5 Å². The average molecular weight is 289 g/mol. The molecule has 0 fully saturated rings. The highest BCUT2D eigenvalue weighted by Crippen LogP contribution is 2.23. The molecule has 0 bridgehead atoms. The van der Waals surface area contributed by atoms with E-state index in [1.54, 1.807) is 4.90 Å². The third-order valence-corrected chi connectivity index (χ3v) is 3.93. The molecule has 104 valence electrons. The Labute approximate surface area is 121 Å². The smallest absolute Gasteiger partial charge is 0.229 e. The number of carbonyl (C=O) groups excluding carboxylic acids is 1. The summed E-state index contributed by atoms with van der Waals surface area (Å²) in [6, 6.07) is 7.82. The van der Waals surface area contributed by atoms with Crippen molar-refractivity contribution in [2.24, 2.45) is 0 Å². The first-order valence-corrected chi connectivity index (χ1v) is 7.29. The number of nitrogens with zero attached hydrogens (tertiary/aromatic N) is 2. The molecular weight excluding hydrogens is 274 g/mol. The summed E-state index contributed by atoms with van der Waals surface area (Å²) in [6.07, 6.45) is 0.288. The van der Waals surface area contributed by atoms with Gasteiger partial charge in [-0.25, -0.2) is 4.98 Å². The van der Waals surface area contributed by atoms with E-state index in [9.17, 15) is 4.79 Å². The number of nitrogens with two attached hydrogens (primary N) is 1. The molecule has 1 aromatic carbocycles. The van der Waals surface area contributed by atoms with Crippen molar-refractivity contribution in [3.05, 3.63) is 40.9 Å². The van der Waals surface area contributed by atoms with Crippen molar-refractivity contribution < 1.29 is 9.53 Å². The van der Waals surface area contributed by atoms with Gasteiger partial charge < -0.3 is 15.4 Å². The Kier molecular flexibility index (Phi) is 3.56. The number of para-hydroxylation sites is 1. The molecular formula is C14H15N3O2S. The van der Waals surface area contributed by atoms with Crippen LogP contribution in [0, 0.1) is 0 Å². The van der Waals surface area contributed by atoms with Crippen LogP contribution in [0.15, 0.2) is 29.6 Å². The van der Waals surface area contributed by atoms with Gasteiger partial charge in [0.15, 0.2) is 5.13 Å². The lowest BCUT2D eigenvalue weighted by Crippen LogP contribution is -2.33. The lowest BCUT2D eigenvalue weighted by Gasteiger charge is -2.19. The first-order chi connectivity index (χ1) is 9.72. The molecule has 0 saturated heterocycles. The molecule has 1 amide bonds. The molecule has 20 heavy (non-hydrogen) atoms. The number of carbonyl (C=O) groups is 1. The lowest BCUT2D eigenvalue weighted by atomic mass is 10.2. The van der Waals surface area contributed by atoms with Gasteiger partial charge in [0, 0.05) is 17.5 Å². The lowest BCUT2D eigenvalue weighted by molar-refractivity contribution is -0.131. The number of hydrogen-bond donors (Lipinski definition) is 1. The highest BCUT2D eigenvalue weighted by Gasteiger charge is 2.20. The zero-order valence-electron chi connectivity index (χ0n) is 10.9. The molecule has 5 nitrogen and oxygen atoms in total. The molecule has 0 saturated carbocycles. The summed E-state index contributed by atoms with van der Waals surface area (Å²) >= 11 is 1.36. The van der Waals surface area contributed by atoms with Gasteiger partial charge in [0.25, 0.3) is 0 Å². The number of fused-ring (bicyclic) bond motifs is 1. The summed E-state index contributed by atoms with van der Waals surface area (Å²) in [5.41, 5.74) is 7.35. The summed E-state index contributed by atoms with van der Waals surface area (Å²) in [5, 5.41) is 2.33. The highest BCUT2D eigenvalue weighted by molar-refractivity contribution is 7.13. The average Bonchev–Trinajstić information content (AvgIpc) is 2.74. The summed E-state index contributed by atoms with van der Waals surface area (Å²) < 4.78 is 5.66. The molecule has 2 heterocycles. The van der Waals surface area contributed by atoms with Gasteiger partial charge in [-0.15, -0.1) is 11.3 Å². The monoisotopic (exact) mass is 289 g/mol. The van der Waals surface area contributed by atoms with Gasteiger partial charge in [0.2, 0.25) is 5.91 Å². The number of rotatable bonds is 2. The summed E-state index contributed by atoms with van der Waals surface area (Å²) in [4.78, 5) is 18.3. The van der Waals surface area contributed by atoms with Crippen molar-refractivity contribution in [1.29, 1.82) is 0 Å². The van der Waals surface area contributed by atoms with Crippen LogP contribution in [0.2, 0.25) is 0 Å². The molecule has 2 aromatic rings. The second kappa shape index (κ2) is 5.50. The summed E-state index contributed by atoms with van der Waals surface area (Å²) in [7, 11) is 0. The predicted molar refractivity (Wildman–Crippen MR) is 77.6 cm³/mol. The van der Waals surface area contributed by atoms with E-state index in [1.807, 2.05) is 29.6 Å². The van der Waals surface area contributed by atoms with Crippen molar-refractivity contribution in [2.75, 3.05) is 18.9 Å². The number of hydrogen-bond acceptors (Lipinski definition) is 5. The maximum atomic E-state index is 12.3. The van der Waals surface area contributed by atoms with Gasteiger partial charge in [-0.3, -0.25) is 4.79 Å². The Morgan fingerprint density at radius 3 is 3.10 bits per heavy atom. The van der Waals surface area contributed by atoms with Crippen LogP contribution in [0.3, 0.4) is 0 Å². The van der Waals surface area contributed by atoms with Crippen LogP contribution in [0.4, 0.5) is 5.13 Å². The van der Waals surface area contributed by atoms with Gasteiger partial charge in [-0.1, -0.05) is 18.2 Å². The molecule has 3 rings (SSSR count). The van der Waals surface area contributed by atoms with E-state index < -0.39 is 0 Å². The third kappa shape index (κ3) is 2.75. The standard InChI is InChI=1S/C14H15N3O2S/c15-14-16-11(9-20-14)7-13(18)17-5-6-19-12-4-2-1-3-10(12)8-17/h1-4,9H,5-8H2,(H2,15,16). The van der Waals surface area contributed by atoms with Crippen molar-refractivity contribution >= 4 is 22.4 Å². The molecule has 1 aliphatic heterocycles. The van der Waals surface area contributed by atoms with Gasteiger partial charge in [-0.2, -0.15) is 0 Å². The van der Waals surface area contributed by atoms with Crippen LogP contribution < -0.4 is 10.5 Å². The van der Waals surface area contributed by atoms with Crippen LogP contribution >= 0.6 is 11.3 Å². The first kappa shape index (κ1) is 12.9. The second-order valence-electron chi connectivity index (χ2n) is 4.63. The molecule has 2 N–H and O–H groups in total. The Hall–Kier alpha value is -2.08. The fraction of sp³-hybridized carbons (Fsp3) is 0.286. The van der Waals surface area contributed by atoms with Crippen molar-refractivity contribution in [3.63, 3.8) is 0 Å². The van der Waals surface area contributed by atoms with Crippen LogP contribution in [-0.4, -0.2) is 28.9 Å². The van der Waals surface area contributed by atoms with E-state index in [4.69, 9.17) is 10.5 Å². The fourth-order valence-corrected chi connectivity index (χ4v) is 2.77. The van der Waals surface area contributed by atoms with Crippen molar-refractivity contribution in [3.8, 4) is 5.75 Å². The number of nitrogen functional groups attached to an aromatic ring is 1. The van der Waals surface area contributed by atoms with E-state index in [-0.39, 0.29) is 12.3 Å². The van der Waals surface area contributed by atoms with E-state index in [0.29, 0.717) is 24.8 Å². The number of amides is 1. The Morgan fingerprint density at radius 2 is 2.30 bits per heavy atom. The normalized spacial score (nSPS) is 14.3. The molecule has 0 radical (unpaired) electrons. The fourth-order valence-electron chi connectivity index (χ4n) is 2.21. The zero-order chi connectivity index (χ0) is 13.9. The number of thiazole rings is 1. The Morgan fingerprint density at radius 1 is 1.45 bits per heavy atom. The summed E-state index contributed by atoms with van der Waals surface area (Å²) in [5.74, 6) is 0.913. The van der Waals surface area contributed by atoms with E-state index >= 15 is 0 Å². The van der Waals surface area contributed by atoms with Crippen molar-refractivity contribution in [1.82, 2.24) is 9.88 Å². The zero-order valence-corrected chi connectivity index (χ0v) is 11.7. The summed E-state index contributed by atoms with van der Waals surface area (Å²) in [6.45, 7) is 1.68. The van der Waals surface area contributed by atoms with Crippen LogP contribution in [0.25, 0.3) is 0 Å². The van der Waals surface area contributed by atoms with Gasteiger partial charge in [-0.05, 0) is 6.07 Å². The van der Waals surface area contributed by atoms with Crippen LogP contribution in [0.1, 0.15) is 11.3 Å². The molecule has 6 heteroatoms. The number of benzene rings is 1. The Balaban J connectivity index is 1.72. The minimum Gasteiger partial charge on any atom is -0.491 e. The maximum Gasteiger partial charge on any atom is 0.229 e. The molecule has 1 aromatic heterocycles. The van der Waals surface area contributed by atoms with Crippen LogP contribution in [-0.2, 0) is 17.8 Å². The van der Waals surface area contributed by atoms with E-state index in [0.717, 1.165) is 17.0 Å². The Bertz CT molecular complexity index is 626. The highest BCUT2D eigenvalue weighted by atomic mass is 32.1. The van der Waals surface area contributed by atoms with Gasteiger partial charge >= 0.3 is 0 Å². The largest absolute Gasteiger partial charge is 0.491 e.